The SMILES string of the molecule is Cc1csc(SCC(=O)N2CCOC[C@@H](CO)C2)n1. The zero-order chi connectivity index (χ0) is 13.7. The third-order valence-electron chi connectivity index (χ3n) is 2.87. The molecule has 1 N–H and O–H groups in total. The summed E-state index contributed by atoms with van der Waals surface area (Å²) in [5.41, 5.74) is 0.989. The van der Waals surface area contributed by atoms with Gasteiger partial charge in [-0.1, -0.05) is 11.8 Å². The number of nitrogens with zero attached hydrogens (tertiary/aromatic N) is 2. The van der Waals surface area contributed by atoms with E-state index in [0.29, 0.717) is 32.1 Å². The van der Waals surface area contributed by atoms with Crippen LogP contribution in [0.25, 0.3) is 0 Å². The van der Waals surface area contributed by atoms with Gasteiger partial charge in [-0.15, -0.1) is 11.3 Å². The lowest BCUT2D eigenvalue weighted by Gasteiger charge is -2.22. The molecule has 106 valence electrons. The molecule has 2 heterocycles. The number of ether oxygens (including phenoxy) is 1. The molecule has 0 unspecified atom stereocenters. The van der Waals surface area contributed by atoms with E-state index in [4.69, 9.17) is 4.74 Å². The van der Waals surface area contributed by atoms with Gasteiger partial charge in [-0.3, -0.25) is 4.79 Å². The minimum atomic E-state index is 0.0264. The molecule has 1 fully saturated rings. The van der Waals surface area contributed by atoms with Crippen LogP contribution >= 0.6 is 23.1 Å². The molecule has 1 aromatic rings. The van der Waals surface area contributed by atoms with Gasteiger partial charge >= 0.3 is 0 Å². The van der Waals surface area contributed by atoms with E-state index in [1.807, 2.05) is 12.3 Å². The quantitative estimate of drug-likeness (QED) is 0.841. The van der Waals surface area contributed by atoms with Crippen LogP contribution in [0.2, 0.25) is 0 Å². The number of amides is 1. The first-order valence-corrected chi connectivity index (χ1v) is 8.07. The molecule has 1 saturated heterocycles. The molecule has 0 radical (unpaired) electrons. The first-order valence-electron chi connectivity index (χ1n) is 6.20. The lowest BCUT2D eigenvalue weighted by molar-refractivity contribution is -0.128. The highest BCUT2D eigenvalue weighted by Gasteiger charge is 2.22. The zero-order valence-corrected chi connectivity index (χ0v) is 12.5. The molecule has 0 aromatic carbocycles. The number of hydrogen-bond donors (Lipinski definition) is 1. The Labute approximate surface area is 121 Å². The van der Waals surface area contributed by atoms with Crippen molar-refractivity contribution in [1.29, 1.82) is 0 Å². The number of thiazole rings is 1. The number of rotatable bonds is 4. The van der Waals surface area contributed by atoms with E-state index in [1.165, 1.54) is 11.8 Å². The molecule has 2 rings (SSSR count). The predicted octanol–water partition coefficient (Wildman–Crippen LogP) is 1.01. The molecule has 1 amide bonds. The fourth-order valence-corrected chi connectivity index (χ4v) is 3.58. The maximum atomic E-state index is 12.1. The van der Waals surface area contributed by atoms with E-state index in [0.717, 1.165) is 10.0 Å². The summed E-state index contributed by atoms with van der Waals surface area (Å²) in [6.45, 7) is 4.25. The number of carbonyl (C=O) groups excluding carboxylic acids is 1. The van der Waals surface area contributed by atoms with Crippen LogP contribution in [0.1, 0.15) is 5.69 Å². The monoisotopic (exact) mass is 302 g/mol. The summed E-state index contributed by atoms with van der Waals surface area (Å²) in [4.78, 5) is 18.2. The molecule has 0 bridgehead atoms. The number of aliphatic hydroxyl groups excluding tert-OH is 1. The third kappa shape index (κ3) is 4.45. The smallest absolute Gasteiger partial charge is 0.233 e. The highest BCUT2D eigenvalue weighted by Crippen LogP contribution is 2.22. The van der Waals surface area contributed by atoms with E-state index < -0.39 is 0 Å². The summed E-state index contributed by atoms with van der Waals surface area (Å²) in [5, 5.41) is 11.2. The summed E-state index contributed by atoms with van der Waals surface area (Å²) in [6, 6.07) is 0. The summed E-state index contributed by atoms with van der Waals surface area (Å²) in [7, 11) is 0. The Morgan fingerprint density at radius 3 is 3.26 bits per heavy atom. The fraction of sp³-hybridized carbons (Fsp3) is 0.667. The van der Waals surface area contributed by atoms with E-state index in [2.05, 4.69) is 4.98 Å². The van der Waals surface area contributed by atoms with Crippen LogP contribution in [0, 0.1) is 12.8 Å². The van der Waals surface area contributed by atoms with Gasteiger partial charge in [0.05, 0.1) is 19.0 Å². The molecule has 1 aliphatic heterocycles. The molecule has 0 spiro atoms. The molecule has 0 saturated carbocycles. The van der Waals surface area contributed by atoms with Gasteiger partial charge in [-0.05, 0) is 6.92 Å². The van der Waals surface area contributed by atoms with Crippen LogP contribution in [-0.4, -0.2) is 59.6 Å². The lowest BCUT2D eigenvalue weighted by atomic mass is 10.1. The fourth-order valence-electron chi connectivity index (χ4n) is 1.83. The lowest BCUT2D eigenvalue weighted by Crippen LogP contribution is -2.37. The van der Waals surface area contributed by atoms with Crippen molar-refractivity contribution in [1.82, 2.24) is 9.88 Å². The highest BCUT2D eigenvalue weighted by atomic mass is 32.2. The minimum Gasteiger partial charge on any atom is -0.396 e. The third-order valence-corrected chi connectivity index (χ3v) is 4.99. The minimum absolute atomic E-state index is 0.0264. The second-order valence-corrected chi connectivity index (χ2v) is 6.59. The van der Waals surface area contributed by atoms with E-state index >= 15 is 0 Å². The van der Waals surface area contributed by atoms with Crippen LogP contribution in [0.3, 0.4) is 0 Å². The van der Waals surface area contributed by atoms with Gasteiger partial charge in [-0.25, -0.2) is 4.98 Å². The summed E-state index contributed by atoms with van der Waals surface area (Å²) < 4.78 is 6.30. The molecule has 0 aliphatic carbocycles. The van der Waals surface area contributed by atoms with Crippen molar-refractivity contribution in [3.05, 3.63) is 11.1 Å². The topological polar surface area (TPSA) is 62.7 Å². The molecular weight excluding hydrogens is 284 g/mol. The van der Waals surface area contributed by atoms with Crippen molar-refractivity contribution in [2.45, 2.75) is 11.3 Å². The average molecular weight is 302 g/mol. The van der Waals surface area contributed by atoms with Crippen LogP contribution in [0.5, 0.6) is 0 Å². The maximum Gasteiger partial charge on any atom is 0.233 e. The van der Waals surface area contributed by atoms with Crippen molar-refractivity contribution in [2.24, 2.45) is 5.92 Å². The van der Waals surface area contributed by atoms with Crippen molar-refractivity contribution >= 4 is 29.0 Å². The molecule has 19 heavy (non-hydrogen) atoms. The Morgan fingerprint density at radius 2 is 2.58 bits per heavy atom. The van der Waals surface area contributed by atoms with Gasteiger partial charge in [0.1, 0.15) is 0 Å². The van der Waals surface area contributed by atoms with Crippen LogP contribution < -0.4 is 0 Å². The standard InChI is InChI=1S/C12H18N2O3S2/c1-9-7-18-12(13-9)19-8-11(16)14-2-3-17-6-10(4-14)5-15/h7,10,15H,2-6,8H2,1H3/t10-/m1/s1. The van der Waals surface area contributed by atoms with Gasteiger partial charge in [0, 0.05) is 36.7 Å². The van der Waals surface area contributed by atoms with E-state index in [1.54, 1.807) is 16.2 Å². The number of thioether (sulfide) groups is 1. The Bertz CT molecular complexity index is 425. The van der Waals surface area contributed by atoms with E-state index in [9.17, 15) is 9.90 Å². The normalized spacial score (nSPS) is 20.3. The number of aryl methyl sites for hydroxylation is 1. The molecule has 1 aromatic heterocycles. The first kappa shape index (κ1) is 14.8. The van der Waals surface area contributed by atoms with Crippen molar-refractivity contribution in [3.8, 4) is 0 Å². The highest BCUT2D eigenvalue weighted by molar-refractivity contribution is 8.01. The number of carbonyl (C=O) groups is 1. The van der Waals surface area contributed by atoms with Crippen molar-refractivity contribution < 1.29 is 14.6 Å². The van der Waals surface area contributed by atoms with Crippen molar-refractivity contribution in [3.63, 3.8) is 0 Å². The molecule has 7 heteroatoms. The van der Waals surface area contributed by atoms with Gasteiger partial charge in [0.25, 0.3) is 0 Å². The summed E-state index contributed by atoms with van der Waals surface area (Å²) in [5.74, 6) is 0.505. The molecule has 1 atom stereocenters. The largest absolute Gasteiger partial charge is 0.396 e. The van der Waals surface area contributed by atoms with Gasteiger partial charge in [-0.2, -0.15) is 0 Å². The van der Waals surface area contributed by atoms with Crippen LogP contribution in [0.4, 0.5) is 0 Å². The van der Waals surface area contributed by atoms with E-state index in [-0.39, 0.29) is 18.4 Å². The second kappa shape index (κ2) is 7.23. The predicted molar refractivity (Wildman–Crippen MR) is 75.5 cm³/mol. The Balaban J connectivity index is 1.84. The van der Waals surface area contributed by atoms with Crippen LogP contribution in [0.15, 0.2) is 9.72 Å². The molecular formula is C12H18N2O3S2. The average Bonchev–Trinajstić information content (AvgIpc) is 2.68. The zero-order valence-electron chi connectivity index (χ0n) is 10.9. The Hall–Kier alpha value is -0.630. The van der Waals surface area contributed by atoms with Gasteiger partial charge < -0.3 is 14.7 Å². The summed E-state index contributed by atoms with van der Waals surface area (Å²) in [6.07, 6.45) is 0. The number of aliphatic hydroxyl groups is 1. The number of hydrogen-bond acceptors (Lipinski definition) is 6. The van der Waals surface area contributed by atoms with Crippen LogP contribution in [-0.2, 0) is 9.53 Å². The second-order valence-electron chi connectivity index (χ2n) is 4.51. The van der Waals surface area contributed by atoms with Gasteiger partial charge in [0.2, 0.25) is 5.91 Å². The Morgan fingerprint density at radius 1 is 1.74 bits per heavy atom. The van der Waals surface area contributed by atoms with Gasteiger partial charge in [0.15, 0.2) is 4.34 Å². The summed E-state index contributed by atoms with van der Waals surface area (Å²) >= 11 is 3.04. The maximum absolute atomic E-state index is 12.1. The van der Waals surface area contributed by atoms with Crippen molar-refractivity contribution in [2.75, 3.05) is 38.7 Å². The molecule has 1 aliphatic rings. The molecule has 5 nitrogen and oxygen atoms in total. The Kier molecular flexibility index (Phi) is 5.62. The first-order chi connectivity index (χ1) is 9.19. The number of aromatic nitrogens is 1.